The summed E-state index contributed by atoms with van der Waals surface area (Å²) in [5, 5.41) is 7.43. The van der Waals surface area contributed by atoms with Crippen molar-refractivity contribution in [2.45, 2.75) is 37.6 Å². The van der Waals surface area contributed by atoms with E-state index in [-0.39, 0.29) is 0 Å². The molecule has 1 saturated heterocycles. The van der Waals surface area contributed by atoms with Gasteiger partial charge in [0.05, 0.1) is 13.2 Å². The molecule has 1 aliphatic carbocycles. The number of morpholine rings is 1. The molecule has 1 aliphatic heterocycles. The maximum absolute atomic E-state index is 5.39. The molecule has 5 heteroatoms. The van der Waals surface area contributed by atoms with Crippen molar-refractivity contribution in [1.29, 1.82) is 0 Å². The molecule has 0 spiro atoms. The van der Waals surface area contributed by atoms with Gasteiger partial charge in [0, 0.05) is 24.9 Å². The first-order valence-corrected chi connectivity index (χ1v) is 6.05. The van der Waals surface area contributed by atoms with Crippen molar-refractivity contribution in [3.05, 3.63) is 11.7 Å². The highest BCUT2D eigenvalue weighted by atomic mass is 16.5. The van der Waals surface area contributed by atoms with Crippen LogP contribution in [0.1, 0.15) is 36.9 Å². The van der Waals surface area contributed by atoms with Crippen LogP contribution in [0.4, 0.5) is 0 Å². The Morgan fingerprint density at radius 1 is 1.38 bits per heavy atom. The third-order valence-corrected chi connectivity index (χ3v) is 3.37. The Kier molecular flexibility index (Phi) is 2.88. The van der Waals surface area contributed by atoms with Gasteiger partial charge in [-0.25, -0.2) is 0 Å². The summed E-state index contributed by atoms with van der Waals surface area (Å²) in [6.45, 7) is 2.45. The summed E-state index contributed by atoms with van der Waals surface area (Å²) in [4.78, 5) is 4.45. The van der Waals surface area contributed by atoms with Gasteiger partial charge < -0.3 is 14.6 Å². The maximum atomic E-state index is 5.39. The molecule has 88 valence electrons. The Labute approximate surface area is 94.6 Å². The number of hydrogen-bond acceptors (Lipinski definition) is 5. The summed E-state index contributed by atoms with van der Waals surface area (Å²) >= 11 is 0. The third-order valence-electron chi connectivity index (χ3n) is 3.37. The monoisotopic (exact) mass is 223 g/mol. The van der Waals surface area contributed by atoms with Crippen LogP contribution in [0.3, 0.4) is 0 Å². The van der Waals surface area contributed by atoms with Crippen LogP contribution in [-0.4, -0.2) is 35.9 Å². The van der Waals surface area contributed by atoms with Crippen molar-refractivity contribution in [3.63, 3.8) is 0 Å². The quantitative estimate of drug-likeness (QED) is 0.823. The highest BCUT2D eigenvalue weighted by Gasteiger charge is 2.25. The first-order chi connectivity index (χ1) is 7.92. The van der Waals surface area contributed by atoms with E-state index in [1.54, 1.807) is 0 Å². The van der Waals surface area contributed by atoms with Crippen LogP contribution in [0.25, 0.3) is 0 Å². The highest BCUT2D eigenvalue weighted by molar-refractivity contribution is 5.00. The fourth-order valence-electron chi connectivity index (χ4n) is 2.14. The lowest BCUT2D eigenvalue weighted by Crippen LogP contribution is -2.42. The molecule has 1 aromatic rings. The summed E-state index contributed by atoms with van der Waals surface area (Å²) in [7, 11) is 0. The minimum Gasteiger partial charge on any atom is -0.378 e. The molecular weight excluding hydrogens is 206 g/mol. The van der Waals surface area contributed by atoms with Crippen LogP contribution < -0.4 is 5.32 Å². The summed E-state index contributed by atoms with van der Waals surface area (Å²) < 4.78 is 10.7. The number of hydrogen-bond donors (Lipinski definition) is 1. The third kappa shape index (κ3) is 2.10. The van der Waals surface area contributed by atoms with Crippen molar-refractivity contribution in [2.75, 3.05) is 19.8 Å². The van der Waals surface area contributed by atoms with Crippen LogP contribution in [0, 0.1) is 0 Å². The van der Waals surface area contributed by atoms with Crippen molar-refractivity contribution in [1.82, 2.24) is 15.5 Å². The molecule has 5 nitrogen and oxygen atoms in total. The Morgan fingerprint density at radius 2 is 2.31 bits per heavy atom. The van der Waals surface area contributed by atoms with Gasteiger partial charge in [0.2, 0.25) is 5.89 Å². The molecule has 0 amide bonds. The Morgan fingerprint density at radius 3 is 3.00 bits per heavy atom. The van der Waals surface area contributed by atoms with E-state index in [4.69, 9.17) is 9.26 Å². The van der Waals surface area contributed by atoms with E-state index in [9.17, 15) is 0 Å². The summed E-state index contributed by atoms with van der Waals surface area (Å²) in [6.07, 6.45) is 4.50. The second-order valence-corrected chi connectivity index (χ2v) is 4.60. The predicted molar refractivity (Wildman–Crippen MR) is 57.2 cm³/mol. The molecule has 16 heavy (non-hydrogen) atoms. The highest BCUT2D eigenvalue weighted by Crippen LogP contribution is 2.34. The molecule has 3 rings (SSSR count). The number of aromatic nitrogens is 2. The van der Waals surface area contributed by atoms with Gasteiger partial charge in [-0.05, 0) is 12.8 Å². The van der Waals surface area contributed by atoms with Crippen LogP contribution >= 0.6 is 0 Å². The maximum Gasteiger partial charge on any atom is 0.228 e. The van der Waals surface area contributed by atoms with Gasteiger partial charge in [-0.15, -0.1) is 0 Å². The summed E-state index contributed by atoms with van der Waals surface area (Å²) in [5.74, 6) is 2.19. The molecule has 1 N–H and O–H groups in total. The topological polar surface area (TPSA) is 60.2 Å². The van der Waals surface area contributed by atoms with Gasteiger partial charge >= 0.3 is 0 Å². The molecule has 0 radical (unpaired) electrons. The second-order valence-electron chi connectivity index (χ2n) is 4.60. The van der Waals surface area contributed by atoms with Gasteiger partial charge in [-0.3, -0.25) is 0 Å². The lowest BCUT2D eigenvalue weighted by molar-refractivity contribution is 0.0744. The number of nitrogens with zero attached hydrogens (tertiary/aromatic N) is 2. The normalized spacial score (nSPS) is 26.6. The summed E-state index contributed by atoms with van der Waals surface area (Å²) in [5.41, 5.74) is 0. The second kappa shape index (κ2) is 4.51. The Bertz CT molecular complexity index is 343. The van der Waals surface area contributed by atoms with E-state index in [1.807, 2.05) is 0 Å². The molecule has 0 bridgehead atoms. The predicted octanol–water partition coefficient (Wildman–Crippen LogP) is 0.868. The molecule has 1 atom stereocenters. The molecule has 2 heterocycles. The average Bonchev–Trinajstić information content (AvgIpc) is 2.65. The Balaban J connectivity index is 1.58. The number of ether oxygens (including phenoxy) is 1. The van der Waals surface area contributed by atoms with Crippen LogP contribution in [0.5, 0.6) is 0 Å². The molecule has 1 unspecified atom stereocenters. The van der Waals surface area contributed by atoms with E-state index >= 15 is 0 Å². The van der Waals surface area contributed by atoms with Crippen molar-refractivity contribution in [3.8, 4) is 0 Å². The number of nitrogens with one attached hydrogen (secondary N) is 1. The Hall–Kier alpha value is -0.940. The molecule has 2 fully saturated rings. The fourth-order valence-corrected chi connectivity index (χ4v) is 2.14. The lowest BCUT2D eigenvalue weighted by Gasteiger charge is -2.22. The SMILES string of the molecule is C1CC(c2noc(CC3COCCN3)n2)C1. The van der Waals surface area contributed by atoms with Crippen LogP contribution in [-0.2, 0) is 11.2 Å². The van der Waals surface area contributed by atoms with Gasteiger partial charge in [-0.1, -0.05) is 11.6 Å². The van der Waals surface area contributed by atoms with Gasteiger partial charge in [0.25, 0.3) is 0 Å². The van der Waals surface area contributed by atoms with Crippen LogP contribution in [0.15, 0.2) is 4.52 Å². The minimum absolute atomic E-state index is 0.323. The number of rotatable bonds is 3. The van der Waals surface area contributed by atoms with Gasteiger partial charge in [-0.2, -0.15) is 4.98 Å². The molecule has 1 saturated carbocycles. The molecule has 0 aromatic carbocycles. The van der Waals surface area contributed by atoms with Crippen molar-refractivity contribution >= 4 is 0 Å². The van der Waals surface area contributed by atoms with Crippen molar-refractivity contribution in [2.24, 2.45) is 0 Å². The average molecular weight is 223 g/mol. The largest absolute Gasteiger partial charge is 0.378 e. The first kappa shape index (κ1) is 10.2. The lowest BCUT2D eigenvalue weighted by atomic mass is 9.85. The zero-order chi connectivity index (χ0) is 10.8. The van der Waals surface area contributed by atoms with Crippen molar-refractivity contribution < 1.29 is 9.26 Å². The molecule has 1 aromatic heterocycles. The minimum atomic E-state index is 0.323. The van der Waals surface area contributed by atoms with E-state index in [1.165, 1.54) is 19.3 Å². The first-order valence-electron chi connectivity index (χ1n) is 6.05. The van der Waals surface area contributed by atoms with Crippen LogP contribution in [0.2, 0.25) is 0 Å². The van der Waals surface area contributed by atoms with E-state index < -0.39 is 0 Å². The zero-order valence-corrected chi connectivity index (χ0v) is 9.32. The molecule has 2 aliphatic rings. The van der Waals surface area contributed by atoms with E-state index in [0.29, 0.717) is 12.0 Å². The zero-order valence-electron chi connectivity index (χ0n) is 9.32. The van der Waals surface area contributed by atoms with E-state index in [2.05, 4.69) is 15.5 Å². The smallest absolute Gasteiger partial charge is 0.228 e. The van der Waals surface area contributed by atoms with E-state index in [0.717, 1.165) is 37.9 Å². The standard InChI is InChI=1S/C11H17N3O2/c1-2-8(3-1)11-13-10(16-14-11)6-9-7-15-5-4-12-9/h8-9,12H,1-7H2. The van der Waals surface area contributed by atoms with Gasteiger partial charge in [0.1, 0.15) is 0 Å². The summed E-state index contributed by atoms with van der Waals surface area (Å²) in [6, 6.07) is 0.323. The van der Waals surface area contributed by atoms with Gasteiger partial charge in [0.15, 0.2) is 5.82 Å². The molecular formula is C11H17N3O2. The fraction of sp³-hybridized carbons (Fsp3) is 0.818.